The molecule has 0 saturated heterocycles. The Morgan fingerprint density at radius 2 is 2.10 bits per heavy atom. The van der Waals surface area contributed by atoms with Gasteiger partial charge in [-0.1, -0.05) is 17.6 Å². The fraction of sp³-hybridized carbons (Fsp3) is 0.350. The first-order valence-electron chi connectivity index (χ1n) is 9.66. The van der Waals surface area contributed by atoms with Crippen LogP contribution in [0.5, 0.6) is 0 Å². The number of fused-ring (bicyclic) bond motifs is 1. The lowest BCUT2D eigenvalue weighted by molar-refractivity contribution is -0.116. The van der Waals surface area contributed by atoms with Gasteiger partial charge in [-0.3, -0.25) is 18.7 Å². The summed E-state index contributed by atoms with van der Waals surface area (Å²) in [6.07, 6.45) is 3.06. The Labute approximate surface area is 170 Å². The summed E-state index contributed by atoms with van der Waals surface area (Å²) >= 11 is 0. The molecule has 1 amide bonds. The highest BCUT2D eigenvalue weighted by Crippen LogP contribution is 2.21. The molecule has 0 unspecified atom stereocenters. The minimum Gasteiger partial charge on any atom is -0.339 e. The molecule has 1 aliphatic rings. The standard InChI is InChI=1S/C20H20FN5O4/c1-12-22-18(24-30-12)17-15-8-3-2-4-9-25(15)20(29)26(19(17)28)11-16(27)23-14-7-5-6-13(21)10-14/h5-7,10H,2-4,8-9,11H2,1H3,(H,23,27). The van der Waals surface area contributed by atoms with Crippen molar-refractivity contribution in [2.75, 3.05) is 5.32 Å². The van der Waals surface area contributed by atoms with Crippen LogP contribution in [0.1, 0.15) is 30.8 Å². The highest BCUT2D eigenvalue weighted by molar-refractivity contribution is 5.90. The van der Waals surface area contributed by atoms with E-state index in [9.17, 15) is 18.8 Å². The van der Waals surface area contributed by atoms with E-state index in [2.05, 4.69) is 15.5 Å². The predicted molar refractivity (Wildman–Crippen MR) is 106 cm³/mol. The van der Waals surface area contributed by atoms with E-state index in [1.165, 1.54) is 22.8 Å². The number of amides is 1. The number of benzene rings is 1. The number of halogens is 1. The molecule has 156 valence electrons. The summed E-state index contributed by atoms with van der Waals surface area (Å²) in [5.41, 5.74) is -0.243. The largest absolute Gasteiger partial charge is 0.339 e. The van der Waals surface area contributed by atoms with Gasteiger partial charge in [0.1, 0.15) is 17.9 Å². The molecule has 0 atom stereocenters. The number of anilines is 1. The highest BCUT2D eigenvalue weighted by atomic mass is 19.1. The topological polar surface area (TPSA) is 112 Å². The van der Waals surface area contributed by atoms with Crippen LogP contribution in [0.4, 0.5) is 10.1 Å². The molecule has 3 heterocycles. The average molecular weight is 413 g/mol. The van der Waals surface area contributed by atoms with Crippen LogP contribution in [0, 0.1) is 12.7 Å². The maximum atomic E-state index is 13.4. The number of hydrogen-bond donors (Lipinski definition) is 1. The van der Waals surface area contributed by atoms with E-state index in [-0.39, 0.29) is 17.1 Å². The van der Waals surface area contributed by atoms with Crippen molar-refractivity contribution in [1.82, 2.24) is 19.3 Å². The molecular formula is C20H20FN5O4. The van der Waals surface area contributed by atoms with Gasteiger partial charge >= 0.3 is 5.69 Å². The molecule has 1 aromatic carbocycles. The summed E-state index contributed by atoms with van der Waals surface area (Å²) in [4.78, 5) is 42.9. The lowest BCUT2D eigenvalue weighted by Gasteiger charge is -2.16. The maximum Gasteiger partial charge on any atom is 0.331 e. The molecule has 30 heavy (non-hydrogen) atoms. The number of hydrogen-bond acceptors (Lipinski definition) is 6. The van der Waals surface area contributed by atoms with E-state index in [4.69, 9.17) is 4.52 Å². The Morgan fingerprint density at radius 3 is 2.83 bits per heavy atom. The van der Waals surface area contributed by atoms with E-state index < -0.39 is 29.5 Å². The number of nitrogens with one attached hydrogen (secondary N) is 1. The molecule has 1 aliphatic heterocycles. The minimum atomic E-state index is -0.650. The van der Waals surface area contributed by atoms with Crippen LogP contribution in [0.15, 0.2) is 38.4 Å². The van der Waals surface area contributed by atoms with Crippen LogP contribution in [-0.2, 0) is 24.3 Å². The van der Waals surface area contributed by atoms with Crippen molar-refractivity contribution in [2.24, 2.45) is 0 Å². The molecule has 0 radical (unpaired) electrons. The van der Waals surface area contributed by atoms with Crippen LogP contribution < -0.4 is 16.6 Å². The van der Waals surface area contributed by atoms with Crippen molar-refractivity contribution in [2.45, 2.75) is 45.7 Å². The fourth-order valence-electron chi connectivity index (χ4n) is 3.65. The number of aryl methyl sites for hydroxylation is 1. The summed E-state index contributed by atoms with van der Waals surface area (Å²) in [7, 11) is 0. The molecule has 0 saturated carbocycles. The van der Waals surface area contributed by atoms with Gasteiger partial charge in [0, 0.05) is 24.8 Å². The summed E-state index contributed by atoms with van der Waals surface area (Å²) in [5.74, 6) is -0.741. The number of nitrogens with zero attached hydrogens (tertiary/aromatic N) is 4. The van der Waals surface area contributed by atoms with E-state index in [0.717, 1.165) is 29.9 Å². The van der Waals surface area contributed by atoms with Gasteiger partial charge in [-0.2, -0.15) is 4.98 Å². The minimum absolute atomic E-state index is 0.0995. The molecule has 0 bridgehead atoms. The zero-order valence-electron chi connectivity index (χ0n) is 16.4. The third-order valence-electron chi connectivity index (χ3n) is 4.99. The first kappa shape index (κ1) is 19.7. The Balaban J connectivity index is 1.78. The van der Waals surface area contributed by atoms with E-state index >= 15 is 0 Å². The van der Waals surface area contributed by atoms with Gasteiger partial charge in [-0.25, -0.2) is 9.18 Å². The van der Waals surface area contributed by atoms with Gasteiger partial charge in [0.2, 0.25) is 17.6 Å². The Morgan fingerprint density at radius 1 is 1.27 bits per heavy atom. The maximum absolute atomic E-state index is 13.4. The van der Waals surface area contributed by atoms with Crippen LogP contribution in [0.3, 0.4) is 0 Å². The number of aromatic nitrogens is 4. The smallest absolute Gasteiger partial charge is 0.331 e. The highest BCUT2D eigenvalue weighted by Gasteiger charge is 2.25. The van der Waals surface area contributed by atoms with Crippen molar-refractivity contribution >= 4 is 11.6 Å². The zero-order valence-corrected chi connectivity index (χ0v) is 16.4. The van der Waals surface area contributed by atoms with E-state index in [1.54, 1.807) is 6.92 Å². The molecule has 4 rings (SSSR count). The quantitative estimate of drug-likeness (QED) is 0.699. The average Bonchev–Trinajstić information content (AvgIpc) is 2.97. The van der Waals surface area contributed by atoms with Gasteiger partial charge in [0.05, 0.1) is 0 Å². The molecular weight excluding hydrogens is 393 g/mol. The Hall–Kier alpha value is -3.56. The summed E-state index contributed by atoms with van der Waals surface area (Å²) in [6, 6.07) is 5.36. The summed E-state index contributed by atoms with van der Waals surface area (Å²) in [6.45, 7) is 1.53. The van der Waals surface area contributed by atoms with Crippen LogP contribution in [-0.4, -0.2) is 25.2 Å². The second-order valence-corrected chi connectivity index (χ2v) is 7.15. The van der Waals surface area contributed by atoms with Gasteiger partial charge in [-0.05, 0) is 37.5 Å². The molecule has 1 N–H and O–H groups in total. The van der Waals surface area contributed by atoms with Crippen molar-refractivity contribution in [3.05, 3.63) is 62.5 Å². The first-order valence-corrected chi connectivity index (χ1v) is 9.66. The molecule has 9 nitrogen and oxygen atoms in total. The number of carbonyl (C=O) groups is 1. The lowest BCUT2D eigenvalue weighted by atomic mass is 10.1. The third kappa shape index (κ3) is 3.80. The van der Waals surface area contributed by atoms with E-state index in [1.807, 2.05) is 0 Å². The fourth-order valence-corrected chi connectivity index (χ4v) is 3.65. The van der Waals surface area contributed by atoms with Crippen molar-refractivity contribution in [1.29, 1.82) is 0 Å². The van der Waals surface area contributed by atoms with Gasteiger partial charge < -0.3 is 9.84 Å². The van der Waals surface area contributed by atoms with Crippen molar-refractivity contribution in [3.8, 4) is 11.4 Å². The molecule has 2 aromatic heterocycles. The number of carbonyl (C=O) groups excluding carboxylic acids is 1. The second kappa shape index (κ2) is 8.05. The molecule has 3 aromatic rings. The zero-order chi connectivity index (χ0) is 21.3. The van der Waals surface area contributed by atoms with Gasteiger partial charge in [0.25, 0.3) is 5.56 Å². The second-order valence-electron chi connectivity index (χ2n) is 7.15. The van der Waals surface area contributed by atoms with Gasteiger partial charge in [0.15, 0.2) is 0 Å². The molecule has 0 fully saturated rings. The van der Waals surface area contributed by atoms with E-state index in [0.29, 0.717) is 24.6 Å². The molecule has 0 aliphatic carbocycles. The van der Waals surface area contributed by atoms with Crippen molar-refractivity contribution in [3.63, 3.8) is 0 Å². The summed E-state index contributed by atoms with van der Waals surface area (Å²) < 4.78 is 20.8. The summed E-state index contributed by atoms with van der Waals surface area (Å²) in [5, 5.41) is 6.36. The van der Waals surface area contributed by atoms with Crippen LogP contribution in [0.25, 0.3) is 11.4 Å². The molecule has 10 heteroatoms. The van der Waals surface area contributed by atoms with Crippen LogP contribution >= 0.6 is 0 Å². The SMILES string of the molecule is Cc1nc(-c2c3n(c(=O)n(CC(=O)Nc4cccc(F)c4)c2=O)CCCCC3)no1. The predicted octanol–water partition coefficient (Wildman–Crippen LogP) is 1.87. The number of rotatable bonds is 4. The Kier molecular flexibility index (Phi) is 5.30. The van der Waals surface area contributed by atoms with Gasteiger partial charge in [-0.15, -0.1) is 0 Å². The molecule has 0 spiro atoms. The normalized spacial score (nSPS) is 13.5. The van der Waals surface area contributed by atoms with Crippen LogP contribution in [0.2, 0.25) is 0 Å². The van der Waals surface area contributed by atoms with Crippen molar-refractivity contribution < 1.29 is 13.7 Å². The first-order chi connectivity index (χ1) is 14.4. The lowest BCUT2D eigenvalue weighted by Crippen LogP contribution is -2.44. The monoisotopic (exact) mass is 413 g/mol. The third-order valence-corrected chi connectivity index (χ3v) is 4.99. The Bertz CT molecular complexity index is 1230.